The van der Waals surface area contributed by atoms with Crippen molar-refractivity contribution in [3.05, 3.63) is 35.9 Å². The van der Waals surface area contributed by atoms with Crippen molar-refractivity contribution in [2.75, 3.05) is 25.2 Å². The quantitative estimate of drug-likeness (QED) is 0.697. The van der Waals surface area contributed by atoms with E-state index in [-0.39, 0.29) is 0 Å². The zero-order valence-electron chi connectivity index (χ0n) is 9.15. The van der Waals surface area contributed by atoms with Gasteiger partial charge in [0.1, 0.15) is 0 Å². The van der Waals surface area contributed by atoms with Crippen LogP contribution in [0.1, 0.15) is 18.0 Å². The van der Waals surface area contributed by atoms with Gasteiger partial charge in [0.05, 0.1) is 0 Å². The molecule has 0 amide bonds. The molecule has 1 atom stereocenters. The summed E-state index contributed by atoms with van der Waals surface area (Å²) in [5.74, 6) is 2.09. The number of hydrogen-bond donors (Lipinski definition) is 2. The highest BCUT2D eigenvalue weighted by molar-refractivity contribution is 7.99. The van der Waals surface area contributed by atoms with Gasteiger partial charge in [0.2, 0.25) is 0 Å². The van der Waals surface area contributed by atoms with Gasteiger partial charge in [-0.25, -0.2) is 0 Å². The number of thioether (sulfide) groups is 1. The Bertz CT molecular complexity index is 253. The molecule has 0 aliphatic heterocycles. The van der Waals surface area contributed by atoms with E-state index in [4.69, 9.17) is 5.11 Å². The molecule has 0 aliphatic rings. The van der Waals surface area contributed by atoms with E-state index in [1.54, 1.807) is 0 Å². The number of benzene rings is 1. The van der Waals surface area contributed by atoms with E-state index in [9.17, 15) is 0 Å². The van der Waals surface area contributed by atoms with Crippen molar-refractivity contribution in [2.45, 2.75) is 12.5 Å². The molecular formula is C12H19NOS. The second kappa shape index (κ2) is 7.74. The Morgan fingerprint density at radius 2 is 2.07 bits per heavy atom. The summed E-state index contributed by atoms with van der Waals surface area (Å²) in [4.78, 5) is 0. The van der Waals surface area contributed by atoms with Crippen LogP contribution in [0.15, 0.2) is 30.3 Å². The highest BCUT2D eigenvalue weighted by atomic mass is 32.2. The zero-order chi connectivity index (χ0) is 10.9. The summed E-state index contributed by atoms with van der Waals surface area (Å²) in [5, 5.41) is 12.0. The van der Waals surface area contributed by atoms with Crippen molar-refractivity contribution in [1.29, 1.82) is 0 Å². The lowest BCUT2D eigenvalue weighted by Gasteiger charge is -2.15. The van der Waals surface area contributed by atoms with Crippen LogP contribution in [0, 0.1) is 0 Å². The molecule has 0 aliphatic carbocycles. The first-order valence-corrected chi connectivity index (χ1v) is 6.44. The van der Waals surface area contributed by atoms with Gasteiger partial charge in [-0.15, -0.1) is 0 Å². The fourth-order valence-corrected chi connectivity index (χ4v) is 2.49. The van der Waals surface area contributed by atoms with Gasteiger partial charge < -0.3 is 10.4 Å². The topological polar surface area (TPSA) is 32.3 Å². The van der Waals surface area contributed by atoms with Crippen LogP contribution < -0.4 is 5.32 Å². The minimum absolute atomic E-state index is 0.294. The highest BCUT2D eigenvalue weighted by Gasteiger charge is 2.07. The lowest BCUT2D eigenvalue weighted by Crippen LogP contribution is -2.18. The van der Waals surface area contributed by atoms with Crippen molar-refractivity contribution in [3.8, 4) is 0 Å². The first-order chi connectivity index (χ1) is 7.38. The maximum absolute atomic E-state index is 8.68. The molecule has 0 spiro atoms. The van der Waals surface area contributed by atoms with E-state index >= 15 is 0 Å². The van der Waals surface area contributed by atoms with Crippen molar-refractivity contribution in [1.82, 2.24) is 5.32 Å². The molecule has 0 heterocycles. The normalized spacial score (nSPS) is 12.7. The fourth-order valence-electron chi connectivity index (χ4n) is 1.40. The summed E-state index contributed by atoms with van der Waals surface area (Å²) in [7, 11) is 1.99. The molecule has 0 saturated carbocycles. The first-order valence-electron chi connectivity index (χ1n) is 5.29. The first kappa shape index (κ1) is 12.6. The monoisotopic (exact) mass is 225 g/mol. The molecule has 1 aromatic rings. The van der Waals surface area contributed by atoms with Gasteiger partial charge in [-0.1, -0.05) is 30.3 Å². The molecule has 1 rings (SSSR count). The molecule has 0 radical (unpaired) electrons. The average Bonchev–Trinajstić information content (AvgIpc) is 2.30. The van der Waals surface area contributed by atoms with Gasteiger partial charge in [-0.3, -0.25) is 0 Å². The standard InChI is InChI=1S/C12H19NOS/c1-13-12(10-15-9-5-8-14)11-6-3-2-4-7-11/h2-4,6-7,12-14H,5,8-10H2,1H3. The van der Waals surface area contributed by atoms with Gasteiger partial charge in [0, 0.05) is 18.4 Å². The minimum Gasteiger partial charge on any atom is -0.396 e. The molecule has 0 saturated heterocycles. The molecule has 0 bridgehead atoms. The van der Waals surface area contributed by atoms with Crippen LogP contribution >= 0.6 is 11.8 Å². The Labute approximate surface area is 96.1 Å². The summed E-state index contributed by atoms with van der Waals surface area (Å²) in [6.07, 6.45) is 0.885. The van der Waals surface area contributed by atoms with Gasteiger partial charge in [-0.2, -0.15) is 11.8 Å². The lowest BCUT2D eigenvalue weighted by atomic mass is 10.1. The summed E-state index contributed by atoms with van der Waals surface area (Å²) < 4.78 is 0. The smallest absolute Gasteiger partial charge is 0.0438 e. The summed E-state index contributed by atoms with van der Waals surface area (Å²) in [5.41, 5.74) is 1.33. The minimum atomic E-state index is 0.294. The average molecular weight is 225 g/mol. The molecule has 2 N–H and O–H groups in total. The van der Waals surface area contributed by atoms with Crippen molar-refractivity contribution in [3.63, 3.8) is 0 Å². The second-order valence-corrected chi connectivity index (χ2v) is 4.55. The van der Waals surface area contributed by atoms with Crippen LogP contribution in [-0.2, 0) is 0 Å². The molecule has 2 nitrogen and oxygen atoms in total. The Morgan fingerprint density at radius 3 is 2.67 bits per heavy atom. The summed E-state index contributed by atoms with van der Waals surface area (Å²) in [6.45, 7) is 0.294. The number of rotatable bonds is 7. The predicted molar refractivity (Wildman–Crippen MR) is 67.3 cm³/mol. The van der Waals surface area contributed by atoms with Gasteiger partial charge in [0.25, 0.3) is 0 Å². The van der Waals surface area contributed by atoms with Crippen LogP contribution in [0.2, 0.25) is 0 Å². The number of hydrogen-bond acceptors (Lipinski definition) is 3. The van der Waals surface area contributed by atoms with Crippen molar-refractivity contribution in [2.24, 2.45) is 0 Å². The van der Waals surface area contributed by atoms with E-state index in [1.807, 2.05) is 24.9 Å². The Morgan fingerprint density at radius 1 is 1.33 bits per heavy atom. The van der Waals surface area contributed by atoms with Crippen LogP contribution in [0.25, 0.3) is 0 Å². The van der Waals surface area contributed by atoms with E-state index in [1.165, 1.54) is 5.56 Å². The number of aliphatic hydroxyl groups excluding tert-OH is 1. The Kier molecular flexibility index (Phi) is 6.48. The van der Waals surface area contributed by atoms with Gasteiger partial charge >= 0.3 is 0 Å². The Hall–Kier alpha value is -0.510. The fraction of sp³-hybridized carbons (Fsp3) is 0.500. The van der Waals surface area contributed by atoms with Crippen LogP contribution in [-0.4, -0.2) is 30.3 Å². The molecular weight excluding hydrogens is 206 g/mol. The van der Waals surface area contributed by atoms with E-state index in [2.05, 4.69) is 29.6 Å². The van der Waals surface area contributed by atoms with Crippen molar-refractivity contribution >= 4 is 11.8 Å². The number of aliphatic hydroxyl groups is 1. The van der Waals surface area contributed by atoms with E-state index in [0.29, 0.717) is 12.6 Å². The molecule has 0 fully saturated rings. The summed E-state index contributed by atoms with van der Waals surface area (Å²) >= 11 is 1.88. The molecule has 1 unspecified atom stereocenters. The van der Waals surface area contributed by atoms with Gasteiger partial charge in [-0.05, 0) is 24.8 Å². The van der Waals surface area contributed by atoms with Crippen LogP contribution in [0.3, 0.4) is 0 Å². The van der Waals surface area contributed by atoms with E-state index < -0.39 is 0 Å². The third-order valence-corrected chi connectivity index (χ3v) is 3.43. The third-order valence-electron chi connectivity index (χ3n) is 2.28. The van der Waals surface area contributed by atoms with Crippen LogP contribution in [0.4, 0.5) is 0 Å². The molecule has 15 heavy (non-hydrogen) atoms. The molecule has 3 heteroatoms. The predicted octanol–water partition coefficient (Wildman–Crippen LogP) is 2.06. The molecule has 84 valence electrons. The lowest BCUT2D eigenvalue weighted by molar-refractivity contribution is 0.296. The van der Waals surface area contributed by atoms with Gasteiger partial charge in [0.15, 0.2) is 0 Å². The molecule has 0 aromatic heterocycles. The van der Waals surface area contributed by atoms with Crippen molar-refractivity contribution < 1.29 is 5.11 Å². The maximum Gasteiger partial charge on any atom is 0.0438 e. The highest BCUT2D eigenvalue weighted by Crippen LogP contribution is 2.17. The SMILES string of the molecule is CNC(CSCCCO)c1ccccc1. The van der Waals surface area contributed by atoms with Crippen LogP contribution in [0.5, 0.6) is 0 Å². The van der Waals surface area contributed by atoms with E-state index in [0.717, 1.165) is 17.9 Å². The largest absolute Gasteiger partial charge is 0.396 e. The number of nitrogens with one attached hydrogen (secondary N) is 1. The maximum atomic E-state index is 8.68. The zero-order valence-corrected chi connectivity index (χ0v) is 9.96. The summed E-state index contributed by atoms with van der Waals surface area (Å²) in [6, 6.07) is 10.9. The molecule has 1 aromatic carbocycles. The third kappa shape index (κ3) is 4.69. The second-order valence-electron chi connectivity index (χ2n) is 3.40. The Balaban J connectivity index is 2.36.